The maximum absolute atomic E-state index is 11.1. The van der Waals surface area contributed by atoms with Gasteiger partial charge in [0.15, 0.2) is 0 Å². The van der Waals surface area contributed by atoms with Crippen molar-refractivity contribution in [2.24, 2.45) is 0 Å². The maximum atomic E-state index is 11.1. The van der Waals surface area contributed by atoms with Gasteiger partial charge in [0, 0.05) is 4.75 Å². The van der Waals surface area contributed by atoms with Gasteiger partial charge in [-0.05, 0) is 33.3 Å². The highest BCUT2D eigenvalue weighted by atomic mass is 32.2. The standard InChI is InChI=1S/C8H16OS2/c1-6(9)7(10-4)8(2,3)11-5/h7H,1-5H3. The van der Waals surface area contributed by atoms with Crippen LogP contribution in [0.15, 0.2) is 0 Å². The third-order valence-electron chi connectivity index (χ3n) is 1.76. The van der Waals surface area contributed by atoms with Crippen molar-refractivity contribution in [1.82, 2.24) is 0 Å². The van der Waals surface area contributed by atoms with Crippen LogP contribution in [0.4, 0.5) is 0 Å². The van der Waals surface area contributed by atoms with Crippen LogP contribution in [0.2, 0.25) is 0 Å². The molecule has 0 saturated heterocycles. The lowest BCUT2D eigenvalue weighted by atomic mass is 10.1. The predicted molar refractivity (Wildman–Crippen MR) is 55.6 cm³/mol. The number of carbonyl (C=O) groups is 1. The summed E-state index contributed by atoms with van der Waals surface area (Å²) >= 11 is 3.39. The zero-order valence-electron chi connectivity index (χ0n) is 7.80. The number of ketones is 1. The van der Waals surface area contributed by atoms with Crippen LogP contribution in [-0.2, 0) is 4.79 Å². The average molecular weight is 192 g/mol. The molecular formula is C8H16OS2. The normalized spacial score (nSPS) is 14.6. The third kappa shape index (κ3) is 3.08. The van der Waals surface area contributed by atoms with E-state index in [9.17, 15) is 4.79 Å². The van der Waals surface area contributed by atoms with Gasteiger partial charge in [-0.15, -0.1) is 0 Å². The van der Waals surface area contributed by atoms with Gasteiger partial charge in [-0.1, -0.05) is 0 Å². The highest BCUT2D eigenvalue weighted by molar-refractivity contribution is 8.04. The lowest BCUT2D eigenvalue weighted by Crippen LogP contribution is -2.35. The fraction of sp³-hybridized carbons (Fsp3) is 0.875. The lowest BCUT2D eigenvalue weighted by molar-refractivity contribution is -0.116. The average Bonchev–Trinajstić information content (AvgIpc) is 1.88. The van der Waals surface area contributed by atoms with Crippen LogP contribution in [0.5, 0.6) is 0 Å². The second-order valence-corrected chi connectivity index (χ2v) is 5.44. The minimum absolute atomic E-state index is 0.0608. The van der Waals surface area contributed by atoms with Gasteiger partial charge in [-0.2, -0.15) is 23.5 Å². The molecule has 0 radical (unpaired) electrons. The van der Waals surface area contributed by atoms with E-state index in [0.29, 0.717) is 0 Å². The van der Waals surface area contributed by atoms with Crippen LogP contribution in [-0.4, -0.2) is 28.3 Å². The van der Waals surface area contributed by atoms with Gasteiger partial charge >= 0.3 is 0 Å². The minimum Gasteiger partial charge on any atom is -0.299 e. The van der Waals surface area contributed by atoms with Crippen molar-refractivity contribution in [1.29, 1.82) is 0 Å². The van der Waals surface area contributed by atoms with Crippen LogP contribution < -0.4 is 0 Å². The number of carbonyl (C=O) groups excluding carboxylic acids is 1. The first kappa shape index (κ1) is 11.4. The molecule has 0 aromatic rings. The summed E-state index contributed by atoms with van der Waals surface area (Å²) in [5.74, 6) is 0.275. The highest BCUT2D eigenvalue weighted by Gasteiger charge is 2.31. The Labute approximate surface area is 77.7 Å². The molecular weight excluding hydrogens is 176 g/mol. The van der Waals surface area contributed by atoms with Crippen LogP contribution >= 0.6 is 23.5 Å². The molecule has 0 heterocycles. The molecule has 1 nitrogen and oxygen atoms in total. The molecule has 0 saturated carbocycles. The fourth-order valence-corrected chi connectivity index (χ4v) is 2.90. The summed E-state index contributed by atoms with van der Waals surface area (Å²) in [7, 11) is 0. The number of thioether (sulfide) groups is 2. The maximum Gasteiger partial charge on any atom is 0.144 e. The number of rotatable bonds is 4. The zero-order valence-corrected chi connectivity index (χ0v) is 9.44. The molecule has 0 bridgehead atoms. The molecule has 0 aliphatic rings. The zero-order chi connectivity index (χ0) is 9.07. The second kappa shape index (κ2) is 4.41. The van der Waals surface area contributed by atoms with Crippen molar-refractivity contribution in [3.8, 4) is 0 Å². The first-order valence-electron chi connectivity index (χ1n) is 3.54. The van der Waals surface area contributed by atoms with Crippen molar-refractivity contribution in [2.45, 2.75) is 30.8 Å². The van der Waals surface area contributed by atoms with Crippen molar-refractivity contribution in [3.05, 3.63) is 0 Å². The van der Waals surface area contributed by atoms with E-state index in [2.05, 4.69) is 13.8 Å². The van der Waals surface area contributed by atoms with Gasteiger partial charge in [-0.3, -0.25) is 4.79 Å². The molecule has 1 unspecified atom stereocenters. The summed E-state index contributed by atoms with van der Waals surface area (Å²) in [6.07, 6.45) is 4.04. The molecule has 0 aromatic heterocycles. The Bertz CT molecular complexity index is 143. The lowest BCUT2D eigenvalue weighted by Gasteiger charge is -2.29. The quantitative estimate of drug-likeness (QED) is 0.681. The Balaban J connectivity index is 4.36. The van der Waals surface area contributed by atoms with Crippen LogP contribution in [0.25, 0.3) is 0 Å². The van der Waals surface area contributed by atoms with E-state index >= 15 is 0 Å². The van der Waals surface area contributed by atoms with E-state index < -0.39 is 0 Å². The van der Waals surface area contributed by atoms with E-state index in [4.69, 9.17) is 0 Å². The van der Waals surface area contributed by atoms with Crippen LogP contribution in [0, 0.1) is 0 Å². The Hall–Kier alpha value is 0.370. The SMILES string of the molecule is CSC(C(C)=O)C(C)(C)SC. The van der Waals surface area contributed by atoms with E-state index in [1.807, 2.05) is 12.5 Å². The molecule has 66 valence electrons. The monoisotopic (exact) mass is 192 g/mol. The summed E-state index contributed by atoms with van der Waals surface area (Å²) in [6, 6.07) is 0. The molecule has 0 amide bonds. The van der Waals surface area contributed by atoms with E-state index in [1.165, 1.54) is 0 Å². The van der Waals surface area contributed by atoms with Gasteiger partial charge < -0.3 is 0 Å². The summed E-state index contributed by atoms with van der Waals surface area (Å²) in [4.78, 5) is 11.1. The van der Waals surface area contributed by atoms with E-state index in [-0.39, 0.29) is 15.8 Å². The van der Waals surface area contributed by atoms with Gasteiger partial charge in [0.1, 0.15) is 5.78 Å². The largest absolute Gasteiger partial charge is 0.299 e. The summed E-state index contributed by atoms with van der Waals surface area (Å²) in [5, 5.41) is 0.123. The van der Waals surface area contributed by atoms with Gasteiger partial charge in [0.2, 0.25) is 0 Å². The molecule has 0 aliphatic carbocycles. The summed E-state index contributed by atoms with van der Waals surface area (Å²) in [6.45, 7) is 5.89. The van der Waals surface area contributed by atoms with E-state index in [0.717, 1.165) is 0 Å². The molecule has 0 aliphatic heterocycles. The van der Waals surface area contributed by atoms with Crippen LogP contribution in [0.1, 0.15) is 20.8 Å². The Morgan fingerprint density at radius 1 is 1.36 bits per heavy atom. The smallest absolute Gasteiger partial charge is 0.144 e. The Morgan fingerprint density at radius 2 is 1.82 bits per heavy atom. The Kier molecular flexibility index (Phi) is 4.56. The molecule has 0 spiro atoms. The van der Waals surface area contributed by atoms with Gasteiger partial charge in [0.05, 0.1) is 5.25 Å². The van der Waals surface area contributed by atoms with Crippen LogP contribution in [0.3, 0.4) is 0 Å². The molecule has 0 fully saturated rings. The molecule has 11 heavy (non-hydrogen) atoms. The van der Waals surface area contributed by atoms with Gasteiger partial charge in [-0.25, -0.2) is 0 Å². The van der Waals surface area contributed by atoms with Crippen molar-refractivity contribution < 1.29 is 4.79 Å². The number of hydrogen-bond acceptors (Lipinski definition) is 3. The fourth-order valence-electron chi connectivity index (χ4n) is 1.05. The molecule has 0 N–H and O–H groups in total. The summed E-state index contributed by atoms with van der Waals surface area (Å²) in [5.41, 5.74) is 0. The Morgan fingerprint density at radius 3 is 1.91 bits per heavy atom. The molecule has 3 heteroatoms. The first-order chi connectivity index (χ1) is 4.95. The minimum atomic E-state index is 0.0608. The predicted octanol–water partition coefficient (Wildman–Crippen LogP) is 2.45. The van der Waals surface area contributed by atoms with Crippen molar-refractivity contribution in [3.63, 3.8) is 0 Å². The topological polar surface area (TPSA) is 17.1 Å². The van der Waals surface area contributed by atoms with Gasteiger partial charge in [0.25, 0.3) is 0 Å². The second-order valence-electron chi connectivity index (χ2n) is 3.03. The summed E-state index contributed by atoms with van der Waals surface area (Å²) < 4.78 is 0.0608. The van der Waals surface area contributed by atoms with Crippen molar-refractivity contribution in [2.75, 3.05) is 12.5 Å². The first-order valence-corrected chi connectivity index (χ1v) is 6.05. The molecule has 1 atom stereocenters. The third-order valence-corrected chi connectivity index (χ3v) is 4.59. The van der Waals surface area contributed by atoms with E-state index in [1.54, 1.807) is 30.4 Å². The number of Topliss-reactive ketones (excluding diaryl/α,β-unsaturated/α-hetero) is 1. The number of hydrogen-bond donors (Lipinski definition) is 0. The van der Waals surface area contributed by atoms with Crippen molar-refractivity contribution >= 4 is 29.3 Å². The highest BCUT2D eigenvalue weighted by Crippen LogP contribution is 2.32. The molecule has 0 aromatic carbocycles. The molecule has 0 rings (SSSR count).